The lowest BCUT2D eigenvalue weighted by Crippen LogP contribution is -2.21. The molecule has 7 heteroatoms. The number of rotatable bonds is 8. The van der Waals surface area contributed by atoms with Gasteiger partial charge in [0.15, 0.2) is 5.16 Å². The van der Waals surface area contributed by atoms with Crippen molar-refractivity contribution < 1.29 is 19.0 Å². The van der Waals surface area contributed by atoms with Gasteiger partial charge in [-0.05, 0) is 25.0 Å². The van der Waals surface area contributed by atoms with Crippen LogP contribution < -0.4 is 9.47 Å². The van der Waals surface area contributed by atoms with Gasteiger partial charge in [0.2, 0.25) is 11.8 Å². The molecule has 0 radical (unpaired) electrons. The minimum absolute atomic E-state index is 0.00112. The number of benzene rings is 1. The maximum Gasteiger partial charge on any atom is 0.338 e. The number of hydrogen-bond acceptors (Lipinski definition) is 7. The number of nitrogens with zero attached hydrogens (tertiary/aromatic N) is 2. The van der Waals surface area contributed by atoms with Gasteiger partial charge in [0.1, 0.15) is 6.61 Å². The molecule has 0 amide bonds. The molecule has 0 saturated heterocycles. The number of hydrogen-bond donors (Lipinski definition) is 0. The molecule has 140 valence electrons. The maximum absolute atomic E-state index is 12.2. The van der Waals surface area contributed by atoms with Gasteiger partial charge in [0, 0.05) is 5.25 Å². The Bertz CT molecular complexity index is 713. The van der Waals surface area contributed by atoms with Crippen molar-refractivity contribution in [2.24, 2.45) is 5.92 Å². The van der Waals surface area contributed by atoms with E-state index in [-0.39, 0.29) is 23.7 Å². The van der Waals surface area contributed by atoms with Crippen LogP contribution in [0.3, 0.4) is 0 Å². The summed E-state index contributed by atoms with van der Waals surface area (Å²) in [5, 5.41) is 0.521. The molecule has 26 heavy (non-hydrogen) atoms. The summed E-state index contributed by atoms with van der Waals surface area (Å²) < 4.78 is 15.8. The molecule has 0 spiro atoms. The molecule has 2 rings (SSSR count). The second-order valence-corrected chi connectivity index (χ2v) is 7.31. The highest BCUT2D eigenvalue weighted by atomic mass is 32.2. The Kier molecular flexibility index (Phi) is 7.26. The summed E-state index contributed by atoms with van der Waals surface area (Å²) in [4.78, 5) is 20.9. The fourth-order valence-corrected chi connectivity index (χ4v) is 3.04. The van der Waals surface area contributed by atoms with Crippen molar-refractivity contribution in [1.29, 1.82) is 0 Å². The fourth-order valence-electron chi connectivity index (χ4n) is 2.07. The van der Waals surface area contributed by atoms with E-state index in [1.54, 1.807) is 32.4 Å². The fraction of sp³-hybridized carbons (Fsp3) is 0.421. The van der Waals surface area contributed by atoms with Crippen LogP contribution in [0.2, 0.25) is 0 Å². The van der Waals surface area contributed by atoms with Crippen LogP contribution in [0.25, 0.3) is 0 Å². The van der Waals surface area contributed by atoms with Crippen molar-refractivity contribution in [3.63, 3.8) is 0 Å². The maximum atomic E-state index is 12.2. The Morgan fingerprint density at radius 3 is 2.15 bits per heavy atom. The largest absolute Gasteiger partial charge is 0.481 e. The van der Waals surface area contributed by atoms with Gasteiger partial charge in [0.25, 0.3) is 0 Å². The predicted octanol–water partition coefficient (Wildman–Crippen LogP) is 3.78. The van der Waals surface area contributed by atoms with Crippen molar-refractivity contribution >= 4 is 17.7 Å². The summed E-state index contributed by atoms with van der Waals surface area (Å²) in [5.41, 5.74) is 1.64. The van der Waals surface area contributed by atoms with Crippen LogP contribution in [0, 0.1) is 12.8 Å². The van der Waals surface area contributed by atoms with Crippen molar-refractivity contribution in [2.45, 2.75) is 31.2 Å². The molecule has 0 aliphatic rings. The highest BCUT2D eigenvalue weighted by Gasteiger charge is 2.20. The molecule has 1 unspecified atom stereocenters. The molecular weight excluding hydrogens is 352 g/mol. The molecule has 1 heterocycles. The molecule has 1 atom stereocenters. The van der Waals surface area contributed by atoms with Crippen molar-refractivity contribution in [3.8, 4) is 11.8 Å². The Balaban J connectivity index is 2.05. The van der Waals surface area contributed by atoms with Gasteiger partial charge in [-0.3, -0.25) is 0 Å². The van der Waals surface area contributed by atoms with E-state index in [4.69, 9.17) is 14.2 Å². The summed E-state index contributed by atoms with van der Waals surface area (Å²) in [6.07, 6.45) is 0. The summed E-state index contributed by atoms with van der Waals surface area (Å²) in [5.74, 6) is 0.781. The Morgan fingerprint density at radius 1 is 1.08 bits per heavy atom. The van der Waals surface area contributed by atoms with E-state index < -0.39 is 0 Å². The predicted molar refractivity (Wildman–Crippen MR) is 101 cm³/mol. The summed E-state index contributed by atoms with van der Waals surface area (Å²) in [6, 6.07) is 8.94. The number of aryl methyl sites for hydroxylation is 1. The zero-order chi connectivity index (χ0) is 19.1. The minimum atomic E-state index is -0.333. The summed E-state index contributed by atoms with van der Waals surface area (Å²) in [6.45, 7) is 6.37. The normalized spacial score (nSPS) is 11.9. The minimum Gasteiger partial charge on any atom is -0.481 e. The Labute approximate surface area is 158 Å². The molecule has 1 aromatic heterocycles. The number of methoxy groups -OCH3 is 2. The topological polar surface area (TPSA) is 70.5 Å². The molecule has 0 N–H and O–H groups in total. The van der Waals surface area contributed by atoms with E-state index in [1.165, 1.54) is 11.8 Å². The van der Waals surface area contributed by atoms with Gasteiger partial charge in [-0.2, -0.15) is 9.97 Å². The van der Waals surface area contributed by atoms with Crippen LogP contribution in [-0.4, -0.2) is 42.0 Å². The number of carbonyl (C=O) groups excluding carboxylic acids is 1. The van der Waals surface area contributed by atoms with Gasteiger partial charge >= 0.3 is 5.97 Å². The van der Waals surface area contributed by atoms with E-state index in [9.17, 15) is 4.79 Å². The Hall–Kier alpha value is -2.28. The molecule has 6 nitrogen and oxygen atoms in total. The SMILES string of the molecule is COc1cc(OC)nc(SC(COC(=O)c2ccc(C)cc2)C(C)C)n1. The lowest BCUT2D eigenvalue weighted by Gasteiger charge is -2.19. The van der Waals surface area contributed by atoms with Crippen molar-refractivity contribution in [1.82, 2.24) is 9.97 Å². The third-order valence-corrected chi connectivity index (χ3v) is 5.12. The van der Waals surface area contributed by atoms with Crippen molar-refractivity contribution in [2.75, 3.05) is 20.8 Å². The molecule has 2 aromatic rings. The Morgan fingerprint density at radius 2 is 1.65 bits per heavy atom. The average Bonchev–Trinajstić information content (AvgIpc) is 2.64. The second kappa shape index (κ2) is 9.43. The van der Waals surface area contributed by atoms with Crippen LogP contribution in [0.4, 0.5) is 0 Å². The number of esters is 1. The number of thioether (sulfide) groups is 1. The smallest absolute Gasteiger partial charge is 0.338 e. The first kappa shape index (κ1) is 20.0. The molecular formula is C19H24N2O4S. The quantitative estimate of drug-likeness (QED) is 0.394. The van der Waals surface area contributed by atoms with Crippen LogP contribution in [0.15, 0.2) is 35.5 Å². The highest BCUT2D eigenvalue weighted by molar-refractivity contribution is 7.99. The first-order chi connectivity index (χ1) is 12.4. The van der Waals surface area contributed by atoms with Gasteiger partial charge in [0.05, 0.1) is 25.8 Å². The van der Waals surface area contributed by atoms with Gasteiger partial charge < -0.3 is 14.2 Å². The molecule has 0 fully saturated rings. The lowest BCUT2D eigenvalue weighted by atomic mass is 10.1. The average molecular weight is 376 g/mol. The number of aromatic nitrogens is 2. The zero-order valence-electron chi connectivity index (χ0n) is 15.7. The summed E-state index contributed by atoms with van der Waals surface area (Å²) >= 11 is 1.44. The van der Waals surface area contributed by atoms with E-state index in [1.807, 2.05) is 19.1 Å². The number of ether oxygens (including phenoxy) is 3. The standard InChI is InChI=1S/C19H24N2O4S/c1-12(2)15(11-25-18(22)14-8-6-13(3)7-9-14)26-19-20-16(23-4)10-17(21-19)24-5/h6-10,12,15H,11H2,1-5H3. The first-order valence-electron chi connectivity index (χ1n) is 8.30. The zero-order valence-corrected chi connectivity index (χ0v) is 16.5. The van der Waals surface area contributed by atoms with Gasteiger partial charge in [-0.15, -0.1) is 0 Å². The monoisotopic (exact) mass is 376 g/mol. The molecule has 1 aromatic carbocycles. The molecule has 0 aliphatic heterocycles. The molecule has 0 saturated carbocycles. The highest BCUT2D eigenvalue weighted by Crippen LogP contribution is 2.29. The van der Waals surface area contributed by atoms with E-state index in [0.29, 0.717) is 22.5 Å². The van der Waals surface area contributed by atoms with Crippen molar-refractivity contribution in [3.05, 3.63) is 41.5 Å². The van der Waals surface area contributed by atoms with Crippen LogP contribution in [0.1, 0.15) is 29.8 Å². The van der Waals surface area contributed by atoms with Gasteiger partial charge in [-0.1, -0.05) is 43.3 Å². The molecule has 0 bridgehead atoms. The molecule has 0 aliphatic carbocycles. The van der Waals surface area contributed by atoms with Gasteiger partial charge in [-0.25, -0.2) is 4.79 Å². The van der Waals surface area contributed by atoms with E-state index in [0.717, 1.165) is 5.56 Å². The van der Waals surface area contributed by atoms with Crippen LogP contribution >= 0.6 is 11.8 Å². The first-order valence-corrected chi connectivity index (χ1v) is 9.18. The van der Waals surface area contributed by atoms with Crippen LogP contribution in [-0.2, 0) is 4.74 Å². The van der Waals surface area contributed by atoms with Crippen LogP contribution in [0.5, 0.6) is 11.8 Å². The lowest BCUT2D eigenvalue weighted by molar-refractivity contribution is 0.0495. The third-order valence-electron chi connectivity index (χ3n) is 3.74. The third kappa shape index (κ3) is 5.62. The summed E-state index contributed by atoms with van der Waals surface area (Å²) in [7, 11) is 3.08. The van der Waals surface area contributed by atoms with E-state index in [2.05, 4.69) is 23.8 Å². The second-order valence-electron chi connectivity index (χ2n) is 6.10. The number of carbonyl (C=O) groups is 1. The van der Waals surface area contributed by atoms with E-state index >= 15 is 0 Å².